The quantitative estimate of drug-likeness (QED) is 0.342. The van der Waals surface area contributed by atoms with E-state index in [0.29, 0.717) is 33.5 Å². The zero-order valence-corrected chi connectivity index (χ0v) is 22.2. The average Bonchev–Trinajstić information content (AvgIpc) is 2.73. The largest absolute Gasteiger partial charge is 0.444 e. The number of nitrogens with zero attached hydrogens (tertiary/aromatic N) is 2. The maximum absolute atomic E-state index is 14.7. The number of hydrogen-bond acceptors (Lipinski definition) is 5. The monoisotopic (exact) mass is 513 g/mol. The van der Waals surface area contributed by atoms with E-state index in [-0.39, 0.29) is 18.7 Å². The van der Waals surface area contributed by atoms with E-state index >= 15 is 0 Å². The zero-order valence-electron chi connectivity index (χ0n) is 22.2. The number of rotatable bonds is 6. The van der Waals surface area contributed by atoms with E-state index in [1.807, 2.05) is 13.0 Å². The van der Waals surface area contributed by atoms with Crippen molar-refractivity contribution in [3.05, 3.63) is 47.5 Å². The topological polar surface area (TPSA) is 105 Å². The summed E-state index contributed by atoms with van der Waals surface area (Å²) in [5, 5.41) is 8.35. The van der Waals surface area contributed by atoms with Crippen molar-refractivity contribution in [3.63, 3.8) is 0 Å². The summed E-state index contributed by atoms with van der Waals surface area (Å²) in [6.45, 7) is 11.8. The van der Waals surface area contributed by atoms with Crippen molar-refractivity contribution in [2.45, 2.75) is 66.2 Å². The van der Waals surface area contributed by atoms with E-state index in [1.165, 1.54) is 19.9 Å². The van der Waals surface area contributed by atoms with Crippen molar-refractivity contribution >= 4 is 34.5 Å². The first kappa shape index (κ1) is 27.8. The summed E-state index contributed by atoms with van der Waals surface area (Å²) in [7, 11) is 0. The SMILES string of the molecule is Cc1cc(F)c(NC(=O)NCCC(C)(C)F)cc1-c1cc2cnc(NC(=O)OC(C)(C)C)cc2nc1C. The third-order valence-electron chi connectivity index (χ3n) is 5.38. The molecule has 3 amide bonds. The van der Waals surface area contributed by atoms with Gasteiger partial charge in [-0.25, -0.2) is 23.4 Å². The second kappa shape index (κ2) is 10.7. The number of pyridine rings is 2. The average molecular weight is 514 g/mol. The number of amides is 3. The Kier molecular flexibility index (Phi) is 8.00. The zero-order chi connectivity index (χ0) is 27.5. The van der Waals surface area contributed by atoms with E-state index in [4.69, 9.17) is 4.74 Å². The van der Waals surface area contributed by atoms with Gasteiger partial charge in [0.15, 0.2) is 0 Å². The van der Waals surface area contributed by atoms with E-state index < -0.39 is 29.2 Å². The minimum atomic E-state index is -1.42. The van der Waals surface area contributed by atoms with Gasteiger partial charge < -0.3 is 15.4 Å². The van der Waals surface area contributed by atoms with E-state index in [0.717, 1.165) is 5.56 Å². The second-order valence-electron chi connectivity index (χ2n) is 10.5. The lowest BCUT2D eigenvalue weighted by molar-refractivity contribution is 0.0635. The minimum absolute atomic E-state index is 0.00728. The number of carbonyl (C=O) groups excluding carboxylic acids is 2. The predicted octanol–water partition coefficient (Wildman–Crippen LogP) is 6.66. The Balaban J connectivity index is 1.85. The number of aryl methyl sites for hydroxylation is 2. The van der Waals surface area contributed by atoms with Gasteiger partial charge in [-0.3, -0.25) is 10.3 Å². The number of fused-ring (bicyclic) bond motifs is 1. The van der Waals surface area contributed by atoms with Gasteiger partial charge in [-0.2, -0.15) is 0 Å². The Hall–Kier alpha value is -3.82. The molecule has 0 unspecified atom stereocenters. The molecule has 0 bridgehead atoms. The Morgan fingerprint density at radius 3 is 2.35 bits per heavy atom. The Labute approximate surface area is 215 Å². The van der Waals surface area contributed by atoms with Crippen molar-refractivity contribution in [3.8, 4) is 11.1 Å². The van der Waals surface area contributed by atoms with Gasteiger partial charge in [-0.05, 0) is 84.2 Å². The molecule has 2 aromatic heterocycles. The maximum Gasteiger partial charge on any atom is 0.413 e. The van der Waals surface area contributed by atoms with Crippen LogP contribution in [0.3, 0.4) is 0 Å². The molecule has 37 heavy (non-hydrogen) atoms. The molecule has 3 rings (SSSR count). The van der Waals surface area contributed by atoms with Gasteiger partial charge in [-0.1, -0.05) is 0 Å². The summed E-state index contributed by atoms with van der Waals surface area (Å²) in [4.78, 5) is 33.2. The first-order valence-corrected chi connectivity index (χ1v) is 11.9. The predicted molar refractivity (Wildman–Crippen MR) is 141 cm³/mol. The standard InChI is InChI=1S/C27H33F2N5O3/c1-15-10-20(28)22(33-24(35)30-9-8-27(6,7)29)12-18(15)19-11-17-14-31-23(13-21(17)32-16(19)2)34-25(36)37-26(3,4)5/h10-14H,8-9H2,1-7H3,(H2,30,33,35)(H,31,34,36). The summed E-state index contributed by atoms with van der Waals surface area (Å²) in [6, 6.07) is 5.77. The normalized spacial score (nSPS) is 11.8. The third kappa shape index (κ3) is 7.83. The van der Waals surface area contributed by atoms with E-state index in [2.05, 4.69) is 25.9 Å². The van der Waals surface area contributed by atoms with Crippen LogP contribution < -0.4 is 16.0 Å². The molecule has 0 spiro atoms. The van der Waals surface area contributed by atoms with Crippen molar-refractivity contribution in [1.29, 1.82) is 0 Å². The first-order valence-electron chi connectivity index (χ1n) is 11.9. The molecule has 1 aromatic carbocycles. The molecule has 0 saturated heterocycles. The molecule has 0 aliphatic heterocycles. The highest BCUT2D eigenvalue weighted by molar-refractivity contribution is 5.92. The number of nitrogens with one attached hydrogen (secondary N) is 3. The Morgan fingerprint density at radius 1 is 1.00 bits per heavy atom. The van der Waals surface area contributed by atoms with Gasteiger partial charge in [0.05, 0.1) is 11.2 Å². The number of alkyl halides is 1. The molecule has 3 aromatic rings. The van der Waals surface area contributed by atoms with Gasteiger partial charge in [-0.15, -0.1) is 0 Å². The fraction of sp³-hybridized carbons (Fsp3) is 0.407. The van der Waals surface area contributed by atoms with Gasteiger partial charge >= 0.3 is 12.1 Å². The van der Waals surface area contributed by atoms with Crippen LogP contribution in [0.25, 0.3) is 22.0 Å². The van der Waals surface area contributed by atoms with Crippen LogP contribution >= 0.6 is 0 Å². The molecule has 0 aliphatic carbocycles. The Bertz CT molecular complexity index is 1330. The van der Waals surface area contributed by atoms with Crippen LogP contribution in [0.4, 0.5) is 29.9 Å². The molecule has 0 saturated carbocycles. The van der Waals surface area contributed by atoms with Crippen LogP contribution in [0.1, 0.15) is 52.3 Å². The van der Waals surface area contributed by atoms with E-state index in [9.17, 15) is 18.4 Å². The highest BCUT2D eigenvalue weighted by Crippen LogP contribution is 2.32. The molecular formula is C27H33F2N5O3. The smallest absolute Gasteiger partial charge is 0.413 e. The van der Waals surface area contributed by atoms with Crippen LogP contribution in [0.5, 0.6) is 0 Å². The van der Waals surface area contributed by atoms with Gasteiger partial charge in [0.2, 0.25) is 0 Å². The summed E-state index contributed by atoms with van der Waals surface area (Å²) in [6.07, 6.45) is 1.09. The van der Waals surface area contributed by atoms with E-state index in [1.54, 1.807) is 46.0 Å². The summed E-state index contributed by atoms with van der Waals surface area (Å²) >= 11 is 0. The summed E-state index contributed by atoms with van der Waals surface area (Å²) in [5.74, 6) is -0.291. The molecule has 2 heterocycles. The number of urea groups is 1. The van der Waals surface area contributed by atoms with Crippen LogP contribution in [0.15, 0.2) is 30.5 Å². The fourth-order valence-corrected chi connectivity index (χ4v) is 3.61. The van der Waals surface area contributed by atoms with Crippen molar-refractivity contribution in [2.24, 2.45) is 0 Å². The number of hydrogen-bond donors (Lipinski definition) is 3. The maximum atomic E-state index is 14.7. The molecule has 3 N–H and O–H groups in total. The van der Waals surface area contributed by atoms with Crippen LogP contribution in [-0.2, 0) is 4.74 Å². The number of carbonyl (C=O) groups is 2. The summed E-state index contributed by atoms with van der Waals surface area (Å²) in [5.41, 5.74) is 1.28. The van der Waals surface area contributed by atoms with Gasteiger partial charge in [0, 0.05) is 35.5 Å². The minimum Gasteiger partial charge on any atom is -0.444 e. The lowest BCUT2D eigenvalue weighted by Gasteiger charge is -2.19. The number of benzene rings is 1. The molecule has 0 aliphatic rings. The third-order valence-corrected chi connectivity index (χ3v) is 5.38. The second-order valence-corrected chi connectivity index (χ2v) is 10.5. The fourth-order valence-electron chi connectivity index (χ4n) is 3.61. The number of ether oxygens (including phenoxy) is 1. The van der Waals surface area contributed by atoms with Crippen molar-refractivity contribution < 1.29 is 23.1 Å². The van der Waals surface area contributed by atoms with Crippen LogP contribution in [-0.4, -0.2) is 39.9 Å². The molecular weight excluding hydrogens is 480 g/mol. The molecule has 8 nitrogen and oxygen atoms in total. The van der Waals surface area contributed by atoms with Gasteiger partial charge in [0.1, 0.15) is 22.9 Å². The molecule has 10 heteroatoms. The molecule has 0 radical (unpaired) electrons. The molecule has 198 valence electrons. The Morgan fingerprint density at radius 2 is 1.70 bits per heavy atom. The lowest BCUT2D eigenvalue weighted by atomic mass is 9.97. The molecule has 0 fully saturated rings. The van der Waals surface area contributed by atoms with Crippen molar-refractivity contribution in [1.82, 2.24) is 15.3 Å². The lowest BCUT2D eigenvalue weighted by Crippen LogP contribution is -2.32. The van der Waals surface area contributed by atoms with Gasteiger partial charge in [0.25, 0.3) is 0 Å². The molecule has 0 atom stereocenters. The number of halogens is 2. The number of anilines is 2. The van der Waals surface area contributed by atoms with Crippen LogP contribution in [0.2, 0.25) is 0 Å². The first-order chi connectivity index (χ1) is 17.1. The summed E-state index contributed by atoms with van der Waals surface area (Å²) < 4.78 is 33.5. The van der Waals surface area contributed by atoms with Crippen LogP contribution in [0, 0.1) is 19.7 Å². The number of aromatic nitrogens is 2. The highest BCUT2D eigenvalue weighted by atomic mass is 19.1. The highest BCUT2D eigenvalue weighted by Gasteiger charge is 2.19. The van der Waals surface area contributed by atoms with Crippen molar-refractivity contribution in [2.75, 3.05) is 17.2 Å².